The fourth-order valence-electron chi connectivity index (χ4n) is 2.55. The molecule has 1 saturated heterocycles. The number of benzene rings is 1. The van der Waals surface area contributed by atoms with Crippen LogP contribution in [0.5, 0.6) is 0 Å². The third-order valence-electron chi connectivity index (χ3n) is 3.53. The molecule has 0 radical (unpaired) electrons. The molecule has 1 atom stereocenters. The Morgan fingerprint density at radius 3 is 2.79 bits per heavy atom. The summed E-state index contributed by atoms with van der Waals surface area (Å²) in [7, 11) is 0. The number of likely N-dealkylation sites (tertiary alicyclic amines) is 1. The van der Waals surface area contributed by atoms with Crippen LogP contribution in [-0.2, 0) is 0 Å². The maximum absolute atomic E-state index is 9.03. The van der Waals surface area contributed by atoms with Crippen LogP contribution in [-0.4, -0.2) is 4.90 Å². The van der Waals surface area contributed by atoms with Gasteiger partial charge in [-0.3, -0.25) is 0 Å². The van der Waals surface area contributed by atoms with E-state index in [2.05, 4.69) is 24.1 Å². The second-order valence-corrected chi connectivity index (χ2v) is 4.46. The second-order valence-electron chi connectivity index (χ2n) is 4.46. The van der Waals surface area contributed by atoms with Crippen LogP contribution in [0.3, 0.4) is 0 Å². The Hall–Kier alpha value is -2.47. The van der Waals surface area contributed by atoms with Crippen molar-refractivity contribution in [2.24, 2.45) is 5.73 Å². The minimum Gasteiger partial charge on any atom is -0.403 e. The van der Waals surface area contributed by atoms with Gasteiger partial charge in [-0.15, -0.1) is 0 Å². The molecular formula is C16H17N3. The van der Waals surface area contributed by atoms with Crippen molar-refractivity contribution >= 4 is 6.08 Å². The molecule has 1 aromatic rings. The number of nitriles is 1. The van der Waals surface area contributed by atoms with Crippen molar-refractivity contribution in [2.45, 2.75) is 18.9 Å². The molecule has 3 heteroatoms. The molecule has 0 aromatic heterocycles. The summed E-state index contributed by atoms with van der Waals surface area (Å²) in [4.78, 5) is 2.09. The lowest BCUT2D eigenvalue weighted by Gasteiger charge is -2.24. The first-order chi connectivity index (χ1) is 9.24. The van der Waals surface area contributed by atoms with Crippen molar-refractivity contribution < 1.29 is 0 Å². The van der Waals surface area contributed by atoms with Gasteiger partial charge < -0.3 is 10.6 Å². The number of nitrogens with two attached hydrogens (primary N) is 1. The summed E-state index contributed by atoms with van der Waals surface area (Å²) in [5.74, 6) is 0. The summed E-state index contributed by atoms with van der Waals surface area (Å²) in [6.45, 7) is 7.61. The Balaban J connectivity index is 2.40. The van der Waals surface area contributed by atoms with E-state index in [1.54, 1.807) is 12.3 Å². The molecule has 2 N–H and O–H groups in total. The van der Waals surface area contributed by atoms with Crippen LogP contribution in [0.15, 0.2) is 49.5 Å². The maximum Gasteiger partial charge on any atom is 0.0997 e. The van der Waals surface area contributed by atoms with Gasteiger partial charge in [0.25, 0.3) is 0 Å². The first-order valence-electron chi connectivity index (χ1n) is 6.23. The Labute approximate surface area is 113 Å². The van der Waals surface area contributed by atoms with Crippen LogP contribution in [0.1, 0.15) is 35.6 Å². The van der Waals surface area contributed by atoms with Gasteiger partial charge in [0.15, 0.2) is 0 Å². The van der Waals surface area contributed by atoms with E-state index in [1.807, 2.05) is 24.4 Å². The predicted octanol–water partition coefficient (Wildman–Crippen LogP) is 3.28. The van der Waals surface area contributed by atoms with Gasteiger partial charge in [-0.05, 0) is 42.3 Å². The molecule has 2 rings (SSSR count). The summed E-state index contributed by atoms with van der Waals surface area (Å²) in [6, 6.07) is 8.27. The van der Waals surface area contributed by atoms with Gasteiger partial charge in [0.05, 0.1) is 17.7 Å². The Kier molecular flexibility index (Phi) is 3.72. The van der Waals surface area contributed by atoms with E-state index >= 15 is 0 Å². The fraction of sp³-hybridized carbons (Fsp3) is 0.188. The largest absolute Gasteiger partial charge is 0.403 e. The van der Waals surface area contributed by atoms with E-state index in [-0.39, 0.29) is 6.04 Å². The molecule has 1 aliphatic rings. The number of hydrogen-bond acceptors (Lipinski definition) is 3. The topological polar surface area (TPSA) is 53.0 Å². The van der Waals surface area contributed by atoms with Crippen molar-refractivity contribution in [1.29, 1.82) is 5.26 Å². The molecular weight excluding hydrogens is 234 g/mol. The third kappa shape index (κ3) is 2.25. The first kappa shape index (κ1) is 13.0. The van der Waals surface area contributed by atoms with Crippen LogP contribution in [0.25, 0.3) is 6.08 Å². The summed E-state index contributed by atoms with van der Waals surface area (Å²) in [6.07, 6.45) is 7.10. The lowest BCUT2D eigenvalue weighted by molar-refractivity contribution is 0.402. The van der Waals surface area contributed by atoms with Gasteiger partial charge in [-0.25, -0.2) is 0 Å². The molecule has 1 aromatic carbocycles. The SMILES string of the molecule is C=Cc1cc(C2CC/C(=C/N)N2C=C)ccc1C#N. The molecule has 0 saturated carbocycles. The van der Waals surface area contributed by atoms with E-state index < -0.39 is 0 Å². The number of nitrogens with zero attached hydrogens (tertiary/aromatic N) is 2. The highest BCUT2D eigenvalue weighted by Gasteiger charge is 2.27. The second kappa shape index (κ2) is 5.45. The first-order valence-corrected chi connectivity index (χ1v) is 6.23. The van der Waals surface area contributed by atoms with E-state index in [9.17, 15) is 0 Å². The highest BCUT2D eigenvalue weighted by atomic mass is 15.2. The zero-order valence-electron chi connectivity index (χ0n) is 10.8. The zero-order valence-corrected chi connectivity index (χ0v) is 10.8. The van der Waals surface area contributed by atoms with Crippen LogP contribution in [0.4, 0.5) is 0 Å². The quantitative estimate of drug-likeness (QED) is 0.896. The average molecular weight is 251 g/mol. The fourth-order valence-corrected chi connectivity index (χ4v) is 2.55. The van der Waals surface area contributed by atoms with Gasteiger partial charge in [0.2, 0.25) is 0 Å². The summed E-state index contributed by atoms with van der Waals surface area (Å²) in [5.41, 5.74) is 9.40. The van der Waals surface area contributed by atoms with Crippen LogP contribution >= 0.6 is 0 Å². The lowest BCUT2D eigenvalue weighted by Crippen LogP contribution is -2.16. The van der Waals surface area contributed by atoms with Crippen molar-refractivity contribution in [1.82, 2.24) is 4.90 Å². The highest BCUT2D eigenvalue weighted by molar-refractivity contribution is 5.58. The van der Waals surface area contributed by atoms with Crippen LogP contribution in [0, 0.1) is 11.3 Å². The van der Waals surface area contributed by atoms with E-state index in [0.717, 1.165) is 29.7 Å². The molecule has 1 aliphatic heterocycles. The van der Waals surface area contributed by atoms with E-state index in [1.165, 1.54) is 0 Å². The van der Waals surface area contributed by atoms with E-state index in [4.69, 9.17) is 11.0 Å². The molecule has 96 valence electrons. The molecule has 19 heavy (non-hydrogen) atoms. The summed E-state index contributed by atoms with van der Waals surface area (Å²) in [5, 5.41) is 9.03. The number of hydrogen-bond donors (Lipinski definition) is 1. The van der Waals surface area contributed by atoms with Crippen molar-refractivity contribution in [2.75, 3.05) is 0 Å². The molecule has 1 fully saturated rings. The highest BCUT2D eigenvalue weighted by Crippen LogP contribution is 2.38. The maximum atomic E-state index is 9.03. The average Bonchev–Trinajstić information content (AvgIpc) is 2.89. The standard InChI is InChI=1S/C16H17N3/c1-3-12-9-13(5-6-14(12)10-17)16-8-7-15(11-18)19(16)4-2/h3-6,9,11,16H,1-2,7-8,18H2/b15-11-. The van der Waals surface area contributed by atoms with Crippen LogP contribution in [0.2, 0.25) is 0 Å². The van der Waals surface area contributed by atoms with Crippen LogP contribution < -0.4 is 5.73 Å². The minimum atomic E-state index is 0.235. The molecule has 0 spiro atoms. The number of rotatable bonds is 3. The summed E-state index contributed by atoms with van der Waals surface area (Å²) >= 11 is 0. The molecule has 0 bridgehead atoms. The van der Waals surface area contributed by atoms with Gasteiger partial charge in [0.1, 0.15) is 0 Å². The lowest BCUT2D eigenvalue weighted by atomic mass is 9.98. The predicted molar refractivity (Wildman–Crippen MR) is 77.5 cm³/mol. The Morgan fingerprint density at radius 1 is 1.42 bits per heavy atom. The molecule has 1 heterocycles. The minimum absolute atomic E-state index is 0.235. The van der Waals surface area contributed by atoms with E-state index in [0.29, 0.717) is 5.56 Å². The van der Waals surface area contributed by atoms with Gasteiger partial charge in [-0.2, -0.15) is 5.26 Å². The Bertz CT molecular complexity index is 578. The smallest absolute Gasteiger partial charge is 0.0997 e. The normalized spacial score (nSPS) is 20.3. The van der Waals surface area contributed by atoms with Gasteiger partial charge >= 0.3 is 0 Å². The molecule has 0 amide bonds. The number of allylic oxidation sites excluding steroid dienone is 1. The zero-order chi connectivity index (χ0) is 13.8. The van der Waals surface area contributed by atoms with Crippen molar-refractivity contribution in [3.63, 3.8) is 0 Å². The third-order valence-corrected chi connectivity index (χ3v) is 3.53. The van der Waals surface area contributed by atoms with Gasteiger partial charge in [-0.1, -0.05) is 25.3 Å². The van der Waals surface area contributed by atoms with Crippen molar-refractivity contribution in [3.8, 4) is 6.07 Å². The molecule has 0 aliphatic carbocycles. The van der Waals surface area contributed by atoms with Crippen molar-refractivity contribution in [3.05, 3.63) is 66.1 Å². The van der Waals surface area contributed by atoms with Gasteiger partial charge in [0, 0.05) is 11.9 Å². The summed E-state index contributed by atoms with van der Waals surface area (Å²) < 4.78 is 0. The Morgan fingerprint density at radius 2 is 2.21 bits per heavy atom. The molecule has 1 unspecified atom stereocenters. The monoisotopic (exact) mass is 251 g/mol. The molecule has 3 nitrogen and oxygen atoms in total.